The predicted molar refractivity (Wildman–Crippen MR) is 71.1 cm³/mol. The second kappa shape index (κ2) is 5.54. The number of aromatic amines is 1. The molecule has 2 rings (SSSR count). The Balaban J connectivity index is 2.03. The smallest absolute Gasteiger partial charge is 0.163 e. The predicted octanol–water partition coefficient (Wildman–Crippen LogP) is 3.40. The van der Waals surface area contributed by atoms with E-state index in [0.29, 0.717) is 6.42 Å². The molecule has 0 bridgehead atoms. The van der Waals surface area contributed by atoms with Crippen LogP contribution in [0.1, 0.15) is 35.3 Å². The van der Waals surface area contributed by atoms with Crippen LogP contribution in [0.25, 0.3) is 0 Å². The number of H-pyrrole nitrogens is 1. The summed E-state index contributed by atoms with van der Waals surface area (Å²) in [6, 6.07) is 11.2. The molecule has 3 nitrogen and oxygen atoms in total. The fourth-order valence-electron chi connectivity index (χ4n) is 1.93. The summed E-state index contributed by atoms with van der Waals surface area (Å²) in [7, 11) is 1.62. The summed E-state index contributed by atoms with van der Waals surface area (Å²) in [6.07, 6.45) is 2.39. The highest BCUT2D eigenvalue weighted by molar-refractivity contribution is 5.96. The van der Waals surface area contributed by atoms with Gasteiger partial charge in [-0.25, -0.2) is 0 Å². The Morgan fingerprint density at radius 1 is 1.28 bits per heavy atom. The van der Waals surface area contributed by atoms with Crippen molar-refractivity contribution in [3.63, 3.8) is 0 Å². The molecule has 94 valence electrons. The maximum atomic E-state index is 12.1. The molecule has 0 aliphatic rings. The second-order valence-electron chi connectivity index (χ2n) is 4.38. The topological polar surface area (TPSA) is 42.1 Å². The molecule has 2 aromatic rings. The summed E-state index contributed by atoms with van der Waals surface area (Å²) in [5, 5.41) is 0. The van der Waals surface area contributed by atoms with E-state index in [-0.39, 0.29) is 11.7 Å². The van der Waals surface area contributed by atoms with Crippen molar-refractivity contribution < 1.29 is 9.53 Å². The van der Waals surface area contributed by atoms with Crippen LogP contribution in [0.2, 0.25) is 0 Å². The van der Waals surface area contributed by atoms with Crippen LogP contribution in [0.15, 0.2) is 42.6 Å². The van der Waals surface area contributed by atoms with E-state index < -0.39 is 0 Å². The number of benzene rings is 1. The van der Waals surface area contributed by atoms with E-state index in [0.717, 1.165) is 17.0 Å². The van der Waals surface area contributed by atoms with Crippen LogP contribution in [0, 0.1) is 0 Å². The van der Waals surface area contributed by atoms with Crippen molar-refractivity contribution in [2.75, 3.05) is 7.11 Å². The molecule has 1 aromatic heterocycles. The largest absolute Gasteiger partial charge is 0.497 e. The highest BCUT2D eigenvalue weighted by Crippen LogP contribution is 2.20. The Hall–Kier alpha value is -2.03. The van der Waals surface area contributed by atoms with E-state index in [4.69, 9.17) is 4.74 Å². The third-order valence-corrected chi connectivity index (χ3v) is 3.06. The van der Waals surface area contributed by atoms with E-state index >= 15 is 0 Å². The van der Waals surface area contributed by atoms with Gasteiger partial charge in [0.2, 0.25) is 0 Å². The molecule has 1 N–H and O–H groups in total. The number of rotatable bonds is 5. The zero-order valence-electron chi connectivity index (χ0n) is 10.6. The van der Waals surface area contributed by atoms with Crippen molar-refractivity contribution >= 4 is 5.78 Å². The summed E-state index contributed by atoms with van der Waals surface area (Å²) in [6.45, 7) is 2.05. The summed E-state index contributed by atoms with van der Waals surface area (Å²) < 4.78 is 5.07. The van der Waals surface area contributed by atoms with Crippen molar-refractivity contribution in [3.8, 4) is 5.75 Å². The first-order valence-electron chi connectivity index (χ1n) is 6.01. The third-order valence-electron chi connectivity index (χ3n) is 3.06. The van der Waals surface area contributed by atoms with Crippen LogP contribution < -0.4 is 4.74 Å². The van der Waals surface area contributed by atoms with Gasteiger partial charge in [-0.15, -0.1) is 0 Å². The van der Waals surface area contributed by atoms with Gasteiger partial charge in [-0.3, -0.25) is 4.79 Å². The van der Waals surface area contributed by atoms with Crippen LogP contribution in [-0.2, 0) is 0 Å². The molecule has 0 radical (unpaired) electrons. The molecule has 1 atom stereocenters. The van der Waals surface area contributed by atoms with Crippen molar-refractivity contribution in [1.82, 2.24) is 4.98 Å². The minimum absolute atomic E-state index is 0.153. The summed E-state index contributed by atoms with van der Waals surface area (Å²) >= 11 is 0. The molecule has 1 heterocycles. The van der Waals surface area contributed by atoms with Gasteiger partial charge in [0.25, 0.3) is 0 Å². The molecule has 0 amide bonds. The molecule has 18 heavy (non-hydrogen) atoms. The number of Topliss-reactive ketones (excluding diaryl/α,β-unsaturated/α-hetero) is 1. The zero-order valence-corrected chi connectivity index (χ0v) is 10.6. The molecule has 0 spiro atoms. The van der Waals surface area contributed by atoms with E-state index in [2.05, 4.69) is 4.98 Å². The van der Waals surface area contributed by atoms with Crippen LogP contribution in [0.4, 0.5) is 0 Å². The number of hydrogen-bond acceptors (Lipinski definition) is 2. The third kappa shape index (κ3) is 2.80. The van der Waals surface area contributed by atoms with Crippen molar-refractivity contribution in [3.05, 3.63) is 53.9 Å². The van der Waals surface area contributed by atoms with Gasteiger partial charge in [-0.05, 0) is 36.4 Å². The molecule has 0 aliphatic heterocycles. The average molecular weight is 243 g/mol. The second-order valence-corrected chi connectivity index (χ2v) is 4.38. The lowest BCUT2D eigenvalue weighted by Crippen LogP contribution is -2.05. The van der Waals surface area contributed by atoms with Crippen LogP contribution in [0.3, 0.4) is 0 Å². The normalized spacial score (nSPS) is 12.1. The SMILES string of the molecule is COc1ccc(C(=O)C[C@@H](C)c2ccc[nH]2)cc1. The van der Waals surface area contributed by atoms with Crippen molar-refractivity contribution in [1.29, 1.82) is 0 Å². The van der Waals surface area contributed by atoms with E-state index in [9.17, 15) is 4.79 Å². The van der Waals surface area contributed by atoms with E-state index in [1.807, 2.05) is 49.5 Å². The first kappa shape index (κ1) is 12.4. The van der Waals surface area contributed by atoms with Gasteiger partial charge in [0, 0.05) is 29.8 Å². The number of ether oxygens (including phenoxy) is 1. The summed E-state index contributed by atoms with van der Waals surface area (Å²) in [4.78, 5) is 15.2. The molecule has 0 saturated carbocycles. The van der Waals surface area contributed by atoms with Crippen LogP contribution >= 0.6 is 0 Å². The maximum Gasteiger partial charge on any atom is 0.163 e. The highest BCUT2D eigenvalue weighted by atomic mass is 16.5. The standard InChI is InChI=1S/C15H17NO2/c1-11(14-4-3-9-16-14)10-15(17)12-5-7-13(18-2)8-6-12/h3-9,11,16H,10H2,1-2H3/t11-/m1/s1. The quantitative estimate of drug-likeness (QED) is 0.818. The molecule has 0 unspecified atom stereocenters. The average Bonchev–Trinajstić information content (AvgIpc) is 2.92. The Morgan fingerprint density at radius 2 is 2.00 bits per heavy atom. The maximum absolute atomic E-state index is 12.1. The van der Waals surface area contributed by atoms with Gasteiger partial charge in [0.15, 0.2) is 5.78 Å². The minimum atomic E-state index is 0.153. The first-order chi connectivity index (χ1) is 8.70. The number of methoxy groups -OCH3 is 1. The minimum Gasteiger partial charge on any atom is -0.497 e. The van der Waals surface area contributed by atoms with Crippen molar-refractivity contribution in [2.45, 2.75) is 19.3 Å². The molecule has 3 heteroatoms. The molecule has 0 saturated heterocycles. The van der Waals surface area contributed by atoms with E-state index in [1.54, 1.807) is 7.11 Å². The number of aromatic nitrogens is 1. The lowest BCUT2D eigenvalue weighted by Gasteiger charge is -2.09. The van der Waals surface area contributed by atoms with Gasteiger partial charge in [0.05, 0.1) is 7.11 Å². The molecule has 0 fully saturated rings. The lowest BCUT2D eigenvalue weighted by molar-refractivity contribution is 0.0975. The van der Waals surface area contributed by atoms with Crippen molar-refractivity contribution in [2.24, 2.45) is 0 Å². The van der Waals surface area contributed by atoms with Gasteiger partial charge in [-0.2, -0.15) is 0 Å². The Bertz CT molecular complexity index is 500. The van der Waals surface area contributed by atoms with Gasteiger partial charge in [-0.1, -0.05) is 6.92 Å². The monoisotopic (exact) mass is 243 g/mol. The number of ketones is 1. The zero-order chi connectivity index (χ0) is 13.0. The molecule has 1 aromatic carbocycles. The summed E-state index contributed by atoms with van der Waals surface area (Å²) in [5.41, 5.74) is 1.83. The fourth-order valence-corrected chi connectivity index (χ4v) is 1.93. The Labute approximate surface area is 107 Å². The number of hydrogen-bond donors (Lipinski definition) is 1. The lowest BCUT2D eigenvalue weighted by atomic mass is 9.97. The number of carbonyl (C=O) groups excluding carboxylic acids is 1. The highest BCUT2D eigenvalue weighted by Gasteiger charge is 2.13. The van der Waals surface area contributed by atoms with Crippen LogP contribution in [-0.4, -0.2) is 17.9 Å². The van der Waals surface area contributed by atoms with Gasteiger partial charge >= 0.3 is 0 Å². The number of nitrogens with one attached hydrogen (secondary N) is 1. The Morgan fingerprint density at radius 3 is 2.56 bits per heavy atom. The summed E-state index contributed by atoms with van der Waals surface area (Å²) in [5.74, 6) is 1.12. The fraction of sp³-hybridized carbons (Fsp3) is 0.267. The molecular weight excluding hydrogens is 226 g/mol. The first-order valence-corrected chi connectivity index (χ1v) is 6.01. The van der Waals surface area contributed by atoms with Crippen LogP contribution in [0.5, 0.6) is 5.75 Å². The molecule has 0 aliphatic carbocycles. The van der Waals surface area contributed by atoms with Gasteiger partial charge < -0.3 is 9.72 Å². The molecular formula is C15H17NO2. The van der Waals surface area contributed by atoms with E-state index in [1.165, 1.54) is 0 Å². The van der Waals surface area contributed by atoms with Gasteiger partial charge in [0.1, 0.15) is 5.75 Å². The Kier molecular flexibility index (Phi) is 3.82. The number of carbonyl (C=O) groups is 1.